The summed E-state index contributed by atoms with van der Waals surface area (Å²) in [6, 6.07) is 7.45. The minimum Gasteiger partial charge on any atom is -0.363 e. The Balaban J connectivity index is 1.98. The zero-order chi connectivity index (χ0) is 13.0. The summed E-state index contributed by atoms with van der Waals surface area (Å²) in [6.07, 6.45) is 3.98. The fraction of sp³-hybridized carbons (Fsp3) is 0.385. The number of carbonyl (C=O) groups is 1. The number of likely N-dealkylation sites (tertiary alicyclic amines) is 1. The number of amides is 2. The van der Waals surface area contributed by atoms with E-state index in [9.17, 15) is 4.79 Å². The lowest BCUT2D eigenvalue weighted by atomic mass is 10.3. The van der Waals surface area contributed by atoms with Crippen LogP contribution in [-0.4, -0.2) is 36.6 Å². The molecule has 1 aliphatic heterocycles. The molecule has 0 aliphatic carbocycles. The highest BCUT2D eigenvalue weighted by molar-refractivity contribution is 7.98. The van der Waals surface area contributed by atoms with Crippen molar-refractivity contribution in [2.24, 2.45) is 4.99 Å². The van der Waals surface area contributed by atoms with E-state index in [2.05, 4.69) is 10.3 Å². The van der Waals surface area contributed by atoms with Gasteiger partial charge in [0, 0.05) is 30.6 Å². The Morgan fingerprint density at radius 1 is 1.39 bits per heavy atom. The number of nitrogens with zero attached hydrogens (tertiary/aromatic N) is 2. The molecule has 96 valence electrons. The second kappa shape index (κ2) is 5.91. The maximum atomic E-state index is 11.7. The van der Waals surface area contributed by atoms with Gasteiger partial charge in [0.2, 0.25) is 0 Å². The van der Waals surface area contributed by atoms with Gasteiger partial charge in [0.15, 0.2) is 0 Å². The van der Waals surface area contributed by atoms with Gasteiger partial charge in [-0.1, -0.05) is 0 Å². The Bertz CT molecular complexity index is 456. The minimum atomic E-state index is -0.296. The molecule has 0 spiro atoms. The maximum Gasteiger partial charge on any atom is 0.347 e. The number of thioether (sulfide) groups is 1. The lowest BCUT2D eigenvalue weighted by Crippen LogP contribution is -2.21. The molecule has 0 aromatic heterocycles. The molecule has 1 aliphatic rings. The highest BCUT2D eigenvalue weighted by Crippen LogP contribution is 2.17. The number of hydrogen-bond donors (Lipinski definition) is 1. The van der Waals surface area contributed by atoms with Gasteiger partial charge in [-0.3, -0.25) is 0 Å². The first-order chi connectivity index (χ1) is 8.69. The van der Waals surface area contributed by atoms with Crippen LogP contribution in [0.3, 0.4) is 0 Å². The van der Waals surface area contributed by atoms with Crippen molar-refractivity contribution in [3.05, 3.63) is 24.3 Å². The molecule has 1 aromatic carbocycles. The summed E-state index contributed by atoms with van der Waals surface area (Å²) in [6.45, 7) is 0.981. The summed E-state index contributed by atoms with van der Waals surface area (Å²) in [5, 5.41) is 2.78. The number of hydrogen-bond acceptors (Lipinski definition) is 2. The summed E-state index contributed by atoms with van der Waals surface area (Å²) < 4.78 is 0. The van der Waals surface area contributed by atoms with Crippen LogP contribution in [-0.2, 0) is 0 Å². The summed E-state index contributed by atoms with van der Waals surface area (Å²) in [5.41, 5.74) is 0.780. The molecule has 1 aromatic rings. The van der Waals surface area contributed by atoms with Gasteiger partial charge in [0.25, 0.3) is 0 Å². The van der Waals surface area contributed by atoms with Crippen LogP contribution < -0.4 is 5.32 Å². The fourth-order valence-electron chi connectivity index (χ4n) is 1.88. The van der Waals surface area contributed by atoms with E-state index in [1.54, 1.807) is 11.8 Å². The van der Waals surface area contributed by atoms with Crippen molar-refractivity contribution >= 4 is 29.3 Å². The minimum absolute atomic E-state index is 0.296. The summed E-state index contributed by atoms with van der Waals surface area (Å²) in [5.74, 6) is 0.869. The quantitative estimate of drug-likeness (QED) is 0.834. The Kier molecular flexibility index (Phi) is 4.25. The molecule has 0 radical (unpaired) electrons. The van der Waals surface area contributed by atoms with Crippen LogP contribution in [0.1, 0.15) is 12.8 Å². The van der Waals surface area contributed by atoms with E-state index >= 15 is 0 Å². The van der Waals surface area contributed by atoms with Crippen molar-refractivity contribution in [3.8, 4) is 0 Å². The Morgan fingerprint density at radius 3 is 2.67 bits per heavy atom. The standard InChI is InChI=1S/C13H17N3OS/c1-16-9-3-4-12(16)15-13(17)14-10-5-7-11(18-2)8-6-10/h5-8H,3-4,9H2,1-2H3,(H,14,17)/b15-12-. The van der Waals surface area contributed by atoms with Crippen LogP contribution in [0, 0.1) is 0 Å². The molecule has 1 saturated heterocycles. The van der Waals surface area contributed by atoms with E-state index < -0.39 is 0 Å². The Hall–Kier alpha value is -1.49. The highest BCUT2D eigenvalue weighted by atomic mass is 32.2. The molecule has 0 unspecified atom stereocenters. The van der Waals surface area contributed by atoms with Crippen LogP contribution in [0.2, 0.25) is 0 Å². The maximum absolute atomic E-state index is 11.7. The molecule has 1 N–H and O–H groups in total. The van der Waals surface area contributed by atoms with E-state index in [4.69, 9.17) is 0 Å². The van der Waals surface area contributed by atoms with E-state index in [-0.39, 0.29) is 6.03 Å². The van der Waals surface area contributed by atoms with Crippen molar-refractivity contribution in [1.29, 1.82) is 0 Å². The zero-order valence-corrected chi connectivity index (χ0v) is 11.5. The molecule has 1 heterocycles. The van der Waals surface area contributed by atoms with Crippen LogP contribution in [0.15, 0.2) is 34.2 Å². The first kappa shape index (κ1) is 13.0. The third kappa shape index (κ3) is 3.26. The molecule has 2 rings (SSSR count). The Morgan fingerprint density at radius 2 is 2.11 bits per heavy atom. The number of aliphatic imine (C=N–C) groups is 1. The predicted molar refractivity (Wildman–Crippen MR) is 76.5 cm³/mol. The van der Waals surface area contributed by atoms with E-state index in [1.807, 2.05) is 42.5 Å². The first-order valence-corrected chi connectivity index (χ1v) is 7.15. The number of benzene rings is 1. The third-order valence-electron chi connectivity index (χ3n) is 2.91. The van der Waals surface area contributed by atoms with E-state index in [1.165, 1.54) is 4.90 Å². The Labute approximate surface area is 111 Å². The van der Waals surface area contributed by atoms with Crippen molar-refractivity contribution in [2.45, 2.75) is 17.7 Å². The fourth-order valence-corrected chi connectivity index (χ4v) is 2.29. The van der Waals surface area contributed by atoms with Crippen molar-refractivity contribution in [3.63, 3.8) is 0 Å². The smallest absolute Gasteiger partial charge is 0.347 e. The monoisotopic (exact) mass is 263 g/mol. The highest BCUT2D eigenvalue weighted by Gasteiger charge is 2.15. The van der Waals surface area contributed by atoms with Crippen LogP contribution in [0.5, 0.6) is 0 Å². The summed E-state index contributed by atoms with van der Waals surface area (Å²) >= 11 is 1.68. The van der Waals surface area contributed by atoms with Gasteiger partial charge < -0.3 is 10.2 Å². The first-order valence-electron chi connectivity index (χ1n) is 5.93. The lowest BCUT2D eigenvalue weighted by Gasteiger charge is -2.10. The number of urea groups is 1. The zero-order valence-electron chi connectivity index (χ0n) is 10.6. The normalized spacial score (nSPS) is 17.2. The number of nitrogens with one attached hydrogen (secondary N) is 1. The largest absolute Gasteiger partial charge is 0.363 e. The average molecular weight is 263 g/mol. The molecule has 0 atom stereocenters. The van der Waals surface area contributed by atoms with Crippen LogP contribution in [0.25, 0.3) is 0 Å². The molecular weight excluding hydrogens is 246 g/mol. The summed E-state index contributed by atoms with van der Waals surface area (Å²) in [7, 11) is 1.96. The second-order valence-corrected chi connectivity index (χ2v) is 5.09. The second-order valence-electron chi connectivity index (χ2n) is 4.21. The van der Waals surface area contributed by atoms with Crippen LogP contribution in [0.4, 0.5) is 10.5 Å². The predicted octanol–water partition coefficient (Wildman–Crippen LogP) is 3.06. The van der Waals surface area contributed by atoms with Gasteiger partial charge in [-0.05, 0) is 36.9 Å². The van der Waals surface area contributed by atoms with Gasteiger partial charge >= 0.3 is 6.03 Å². The van der Waals surface area contributed by atoms with Crippen molar-refractivity contribution in [2.75, 3.05) is 25.2 Å². The average Bonchev–Trinajstić information content (AvgIpc) is 2.76. The SMILES string of the molecule is CSc1ccc(NC(=O)/N=C2/CCCN2C)cc1. The topological polar surface area (TPSA) is 44.7 Å². The van der Waals surface area contributed by atoms with Gasteiger partial charge in [0.05, 0.1) is 0 Å². The molecule has 1 fully saturated rings. The van der Waals surface area contributed by atoms with Crippen molar-refractivity contribution < 1.29 is 4.79 Å². The lowest BCUT2D eigenvalue weighted by molar-refractivity contribution is 0.259. The molecule has 0 bridgehead atoms. The van der Waals surface area contributed by atoms with E-state index in [0.717, 1.165) is 30.9 Å². The molecule has 2 amide bonds. The number of carbonyl (C=O) groups excluding carboxylic acids is 1. The van der Waals surface area contributed by atoms with Crippen molar-refractivity contribution in [1.82, 2.24) is 4.90 Å². The molecule has 5 heteroatoms. The van der Waals surface area contributed by atoms with Gasteiger partial charge in [-0.25, -0.2) is 4.79 Å². The van der Waals surface area contributed by atoms with Gasteiger partial charge in [-0.15, -0.1) is 11.8 Å². The number of anilines is 1. The third-order valence-corrected chi connectivity index (χ3v) is 3.65. The number of rotatable bonds is 2. The number of amidine groups is 1. The van der Waals surface area contributed by atoms with E-state index in [0.29, 0.717) is 0 Å². The summed E-state index contributed by atoms with van der Waals surface area (Å²) in [4.78, 5) is 19.0. The van der Waals surface area contributed by atoms with Crippen LogP contribution >= 0.6 is 11.8 Å². The molecule has 18 heavy (non-hydrogen) atoms. The van der Waals surface area contributed by atoms with Gasteiger partial charge in [-0.2, -0.15) is 4.99 Å². The van der Waals surface area contributed by atoms with Gasteiger partial charge in [0.1, 0.15) is 5.84 Å². The molecule has 4 nitrogen and oxygen atoms in total. The molecular formula is C13H17N3OS. The molecule has 0 saturated carbocycles.